The Hall–Kier alpha value is -3.68. The zero-order valence-corrected chi connectivity index (χ0v) is 16.8. The first-order chi connectivity index (χ1) is 14.4. The molecule has 0 unspecified atom stereocenters. The molecule has 3 amide bonds. The van der Waals surface area contributed by atoms with Gasteiger partial charge in [0.05, 0.1) is 22.3 Å². The van der Waals surface area contributed by atoms with Gasteiger partial charge in [0, 0.05) is 18.0 Å². The van der Waals surface area contributed by atoms with Crippen molar-refractivity contribution in [3.05, 3.63) is 53.9 Å². The Balaban J connectivity index is 1.38. The fourth-order valence-corrected chi connectivity index (χ4v) is 3.39. The summed E-state index contributed by atoms with van der Waals surface area (Å²) in [4.78, 5) is 45.0. The summed E-state index contributed by atoms with van der Waals surface area (Å²) < 4.78 is 0. The largest absolute Gasteiger partial charge is 0.342 e. The number of nitrogens with one attached hydrogen (secondary N) is 4. The number of imidazole rings is 1. The van der Waals surface area contributed by atoms with Gasteiger partial charge in [-0.3, -0.25) is 14.4 Å². The Kier molecular flexibility index (Phi) is 5.22. The third-order valence-electron chi connectivity index (χ3n) is 5.04. The third kappa shape index (κ3) is 4.03. The summed E-state index contributed by atoms with van der Waals surface area (Å²) >= 11 is 0. The number of anilines is 2. The first-order valence-electron chi connectivity index (χ1n) is 9.91. The maximum absolute atomic E-state index is 12.4. The van der Waals surface area contributed by atoms with E-state index in [1.807, 2.05) is 12.1 Å². The second-order valence-corrected chi connectivity index (χ2v) is 7.66. The van der Waals surface area contributed by atoms with E-state index in [-0.39, 0.29) is 36.5 Å². The van der Waals surface area contributed by atoms with Gasteiger partial charge in [0.1, 0.15) is 11.9 Å². The smallest absolute Gasteiger partial charge is 0.254 e. The number of para-hydroxylation sites is 1. The number of benzene rings is 2. The summed E-state index contributed by atoms with van der Waals surface area (Å²) in [5.74, 6) is 0.273. The van der Waals surface area contributed by atoms with Crippen LogP contribution in [-0.4, -0.2) is 33.7 Å². The van der Waals surface area contributed by atoms with Gasteiger partial charge in [0.25, 0.3) is 5.91 Å². The van der Waals surface area contributed by atoms with Crippen LogP contribution >= 0.6 is 0 Å². The van der Waals surface area contributed by atoms with Crippen LogP contribution in [0.25, 0.3) is 11.0 Å². The van der Waals surface area contributed by atoms with Crippen molar-refractivity contribution in [2.24, 2.45) is 0 Å². The van der Waals surface area contributed by atoms with Crippen LogP contribution in [0.5, 0.6) is 0 Å². The van der Waals surface area contributed by atoms with Gasteiger partial charge in [0.2, 0.25) is 11.8 Å². The van der Waals surface area contributed by atoms with Crippen molar-refractivity contribution in [3.63, 3.8) is 0 Å². The molecule has 0 fully saturated rings. The highest BCUT2D eigenvalue weighted by Gasteiger charge is 2.27. The fourth-order valence-electron chi connectivity index (χ4n) is 3.39. The van der Waals surface area contributed by atoms with Crippen molar-refractivity contribution in [2.75, 3.05) is 10.6 Å². The van der Waals surface area contributed by atoms with Crippen LogP contribution in [0.15, 0.2) is 42.5 Å². The van der Waals surface area contributed by atoms with Crippen molar-refractivity contribution in [1.29, 1.82) is 0 Å². The van der Waals surface area contributed by atoms with Crippen molar-refractivity contribution >= 4 is 40.1 Å². The molecule has 8 nitrogen and oxygen atoms in total. The molecule has 2 heterocycles. The predicted octanol–water partition coefficient (Wildman–Crippen LogP) is 3.16. The van der Waals surface area contributed by atoms with Crippen LogP contribution < -0.4 is 16.0 Å². The van der Waals surface area contributed by atoms with Crippen molar-refractivity contribution < 1.29 is 14.4 Å². The van der Waals surface area contributed by atoms with E-state index in [1.54, 1.807) is 30.3 Å². The highest BCUT2D eigenvalue weighted by atomic mass is 16.2. The van der Waals surface area contributed by atoms with Crippen LogP contribution in [-0.2, 0) is 9.59 Å². The highest BCUT2D eigenvalue weighted by Crippen LogP contribution is 2.22. The lowest BCUT2D eigenvalue weighted by molar-refractivity contribution is -0.118. The number of rotatable bonds is 5. The topological polar surface area (TPSA) is 116 Å². The number of carbonyl (C=O) groups is 3. The van der Waals surface area contributed by atoms with Crippen molar-refractivity contribution in [2.45, 2.75) is 38.6 Å². The second kappa shape index (κ2) is 7.98. The zero-order valence-electron chi connectivity index (χ0n) is 16.8. The van der Waals surface area contributed by atoms with Gasteiger partial charge in [-0.1, -0.05) is 26.0 Å². The molecular formula is C22H23N5O3. The quantitative estimate of drug-likeness (QED) is 0.522. The molecule has 4 rings (SSSR count). The fraction of sp³-hybridized carbons (Fsp3) is 0.273. The van der Waals surface area contributed by atoms with Crippen LogP contribution in [0.1, 0.15) is 48.8 Å². The first kappa shape index (κ1) is 19.6. The summed E-state index contributed by atoms with van der Waals surface area (Å²) in [6.45, 7) is 4.11. The van der Waals surface area contributed by atoms with E-state index in [0.29, 0.717) is 16.9 Å². The summed E-state index contributed by atoms with van der Waals surface area (Å²) in [6.07, 6.45) is 0.286. The van der Waals surface area contributed by atoms with Gasteiger partial charge in [0.15, 0.2) is 0 Å². The molecule has 8 heteroatoms. The van der Waals surface area contributed by atoms with Crippen LogP contribution in [0.4, 0.5) is 11.4 Å². The van der Waals surface area contributed by atoms with E-state index in [4.69, 9.17) is 0 Å². The number of aromatic amines is 1. The molecule has 0 saturated heterocycles. The minimum absolute atomic E-state index is 0.0902. The Morgan fingerprint density at radius 1 is 1.17 bits per heavy atom. The molecular weight excluding hydrogens is 382 g/mol. The Bertz CT molecular complexity index is 1130. The average Bonchev–Trinajstić information content (AvgIpc) is 3.10. The highest BCUT2D eigenvalue weighted by molar-refractivity contribution is 6.10. The monoisotopic (exact) mass is 405 g/mol. The maximum Gasteiger partial charge on any atom is 0.254 e. The van der Waals surface area contributed by atoms with Crippen LogP contribution in [0, 0.1) is 0 Å². The number of fused-ring (bicyclic) bond motifs is 2. The molecule has 0 radical (unpaired) electrons. The molecule has 1 aliphatic heterocycles. The molecule has 1 atom stereocenters. The summed E-state index contributed by atoms with van der Waals surface area (Å²) in [5, 5.41) is 8.28. The average molecular weight is 405 g/mol. The Morgan fingerprint density at radius 2 is 1.97 bits per heavy atom. The minimum Gasteiger partial charge on any atom is -0.342 e. The number of hydrogen-bond acceptors (Lipinski definition) is 4. The molecule has 0 saturated carbocycles. The second-order valence-electron chi connectivity index (χ2n) is 7.66. The molecule has 1 aliphatic rings. The predicted molar refractivity (Wildman–Crippen MR) is 114 cm³/mol. The number of nitrogens with zero attached hydrogens (tertiary/aromatic N) is 1. The molecule has 2 aromatic carbocycles. The zero-order chi connectivity index (χ0) is 21.3. The van der Waals surface area contributed by atoms with Crippen molar-refractivity contribution in [3.8, 4) is 0 Å². The number of aromatic nitrogens is 2. The summed E-state index contributed by atoms with van der Waals surface area (Å²) in [6, 6.07) is 11.5. The number of hydrogen-bond donors (Lipinski definition) is 4. The van der Waals surface area contributed by atoms with Gasteiger partial charge in [-0.2, -0.15) is 0 Å². The molecule has 0 aliphatic carbocycles. The van der Waals surface area contributed by atoms with E-state index >= 15 is 0 Å². The van der Waals surface area contributed by atoms with E-state index < -0.39 is 6.04 Å². The van der Waals surface area contributed by atoms with E-state index in [9.17, 15) is 14.4 Å². The van der Waals surface area contributed by atoms with Gasteiger partial charge >= 0.3 is 0 Å². The van der Waals surface area contributed by atoms with Gasteiger partial charge in [-0.05, 0) is 36.8 Å². The van der Waals surface area contributed by atoms with E-state index in [2.05, 4.69) is 39.8 Å². The standard InChI is InChI=1S/C22H23N5O3/c1-12(2)20-24-16-8-7-13(11-18(16)25-20)23-19(28)10-9-17-22(30)26-15-6-4-3-5-14(15)21(29)27-17/h3-8,11-12,17H,9-10H2,1-2H3,(H,23,28)(H,24,25)(H,26,30)(H,27,29)/t17-/m0/s1. The molecule has 3 aromatic rings. The molecule has 0 spiro atoms. The maximum atomic E-state index is 12.4. The molecule has 1 aromatic heterocycles. The van der Waals surface area contributed by atoms with Crippen molar-refractivity contribution in [1.82, 2.24) is 15.3 Å². The Morgan fingerprint density at radius 3 is 2.77 bits per heavy atom. The van der Waals surface area contributed by atoms with E-state index in [0.717, 1.165) is 16.9 Å². The lowest BCUT2D eigenvalue weighted by Crippen LogP contribution is -2.41. The van der Waals surface area contributed by atoms with Gasteiger partial charge < -0.3 is 20.9 Å². The lowest BCUT2D eigenvalue weighted by Gasteiger charge is -2.14. The van der Waals surface area contributed by atoms with Crippen LogP contribution in [0.2, 0.25) is 0 Å². The van der Waals surface area contributed by atoms with Gasteiger partial charge in [-0.15, -0.1) is 0 Å². The molecule has 154 valence electrons. The number of H-pyrrole nitrogens is 1. The normalized spacial score (nSPS) is 16.0. The molecule has 4 N–H and O–H groups in total. The van der Waals surface area contributed by atoms with Crippen LogP contribution in [0.3, 0.4) is 0 Å². The molecule has 30 heavy (non-hydrogen) atoms. The molecule has 0 bridgehead atoms. The first-order valence-corrected chi connectivity index (χ1v) is 9.91. The minimum atomic E-state index is -0.778. The van der Waals surface area contributed by atoms with Gasteiger partial charge in [-0.25, -0.2) is 4.98 Å². The lowest BCUT2D eigenvalue weighted by atomic mass is 10.1. The Labute approximate surface area is 173 Å². The van der Waals surface area contributed by atoms with E-state index in [1.165, 1.54) is 0 Å². The summed E-state index contributed by atoms with van der Waals surface area (Å²) in [7, 11) is 0. The SMILES string of the molecule is CC(C)c1nc2ccc(NC(=O)CC[C@@H]3NC(=O)c4ccccc4NC3=O)cc2[nH]1. The summed E-state index contributed by atoms with van der Waals surface area (Å²) in [5.41, 5.74) is 3.22. The third-order valence-corrected chi connectivity index (χ3v) is 5.04. The number of amides is 3. The number of carbonyl (C=O) groups excluding carboxylic acids is 3.